The van der Waals surface area contributed by atoms with Crippen molar-refractivity contribution in [1.29, 1.82) is 0 Å². The van der Waals surface area contributed by atoms with Crippen LogP contribution in [0.3, 0.4) is 0 Å². The van der Waals surface area contributed by atoms with Crippen molar-refractivity contribution < 1.29 is 4.79 Å². The predicted octanol–water partition coefficient (Wildman–Crippen LogP) is 3.79. The molecule has 0 aromatic heterocycles. The fourth-order valence-electron chi connectivity index (χ4n) is 3.19. The van der Waals surface area contributed by atoms with Gasteiger partial charge in [-0.15, -0.1) is 0 Å². The molecule has 0 atom stereocenters. The lowest BCUT2D eigenvalue weighted by Gasteiger charge is -2.43. The zero-order valence-electron chi connectivity index (χ0n) is 13.8. The number of nitrogens with one attached hydrogen (secondary N) is 2. The SMILES string of the molecule is CN(C)C1(CNCC(=O)Nc2ccc(Cl)cc2Cl)CCCCC1. The highest BCUT2D eigenvalue weighted by molar-refractivity contribution is 6.36. The molecule has 0 unspecified atom stereocenters. The minimum atomic E-state index is -0.0982. The number of benzene rings is 1. The van der Waals surface area contributed by atoms with E-state index in [0.29, 0.717) is 15.7 Å². The molecule has 23 heavy (non-hydrogen) atoms. The first kappa shape index (κ1) is 18.5. The number of hydrogen-bond acceptors (Lipinski definition) is 3. The molecule has 0 heterocycles. The molecule has 2 N–H and O–H groups in total. The second kappa shape index (κ2) is 8.34. The average molecular weight is 358 g/mol. The van der Waals surface area contributed by atoms with Crippen LogP contribution in [0.15, 0.2) is 18.2 Å². The monoisotopic (exact) mass is 357 g/mol. The summed E-state index contributed by atoms with van der Waals surface area (Å²) >= 11 is 11.9. The largest absolute Gasteiger partial charge is 0.324 e. The fourth-order valence-corrected chi connectivity index (χ4v) is 3.64. The number of hydrogen-bond donors (Lipinski definition) is 2. The van der Waals surface area contributed by atoms with Gasteiger partial charge in [0.05, 0.1) is 17.3 Å². The van der Waals surface area contributed by atoms with Crippen molar-refractivity contribution in [2.75, 3.05) is 32.5 Å². The first-order valence-corrected chi connectivity index (χ1v) is 8.82. The van der Waals surface area contributed by atoms with E-state index in [1.54, 1.807) is 18.2 Å². The number of likely N-dealkylation sites (N-methyl/N-ethyl adjacent to an activating group) is 1. The van der Waals surface area contributed by atoms with Crippen LogP contribution in [0.1, 0.15) is 32.1 Å². The molecule has 2 rings (SSSR count). The molecule has 0 bridgehead atoms. The first-order chi connectivity index (χ1) is 10.9. The van der Waals surface area contributed by atoms with Gasteiger partial charge in [-0.3, -0.25) is 4.79 Å². The first-order valence-electron chi connectivity index (χ1n) is 8.06. The Hall–Kier alpha value is -0.810. The van der Waals surface area contributed by atoms with Gasteiger partial charge in [-0.25, -0.2) is 0 Å². The second-order valence-corrected chi connectivity index (χ2v) is 7.30. The summed E-state index contributed by atoms with van der Waals surface area (Å²) in [7, 11) is 4.25. The summed E-state index contributed by atoms with van der Waals surface area (Å²) in [6.07, 6.45) is 6.18. The van der Waals surface area contributed by atoms with Crippen molar-refractivity contribution in [1.82, 2.24) is 10.2 Å². The Labute approximate surface area is 148 Å². The predicted molar refractivity (Wildman–Crippen MR) is 97.5 cm³/mol. The molecule has 1 saturated carbocycles. The van der Waals surface area contributed by atoms with Crippen LogP contribution in [0.5, 0.6) is 0 Å². The minimum absolute atomic E-state index is 0.0982. The van der Waals surface area contributed by atoms with Gasteiger partial charge in [0.1, 0.15) is 0 Å². The summed E-state index contributed by atoms with van der Waals surface area (Å²) in [6.45, 7) is 1.09. The molecule has 1 aliphatic rings. The lowest BCUT2D eigenvalue weighted by atomic mass is 9.80. The number of anilines is 1. The van der Waals surface area contributed by atoms with Gasteiger partial charge in [-0.1, -0.05) is 42.5 Å². The summed E-state index contributed by atoms with van der Waals surface area (Å²) in [5.41, 5.74) is 0.749. The zero-order valence-corrected chi connectivity index (χ0v) is 15.3. The molecule has 128 valence electrons. The normalized spacial score (nSPS) is 17.3. The Kier molecular flexibility index (Phi) is 6.72. The van der Waals surface area contributed by atoms with Gasteiger partial charge in [0.15, 0.2) is 0 Å². The molecule has 6 heteroatoms. The molecule has 0 saturated heterocycles. The zero-order chi connectivity index (χ0) is 16.9. The van der Waals surface area contributed by atoms with Crippen molar-refractivity contribution in [3.63, 3.8) is 0 Å². The van der Waals surface area contributed by atoms with Crippen molar-refractivity contribution in [2.24, 2.45) is 0 Å². The molecule has 1 amide bonds. The summed E-state index contributed by atoms with van der Waals surface area (Å²) in [5.74, 6) is -0.0982. The molecule has 0 spiro atoms. The summed E-state index contributed by atoms with van der Waals surface area (Å²) in [5, 5.41) is 7.12. The lowest BCUT2D eigenvalue weighted by Crippen LogP contribution is -2.53. The highest BCUT2D eigenvalue weighted by atomic mass is 35.5. The Morgan fingerprint density at radius 1 is 1.22 bits per heavy atom. The lowest BCUT2D eigenvalue weighted by molar-refractivity contribution is -0.115. The molecule has 0 radical (unpaired) electrons. The number of rotatable bonds is 6. The summed E-state index contributed by atoms with van der Waals surface area (Å²) < 4.78 is 0. The van der Waals surface area contributed by atoms with Crippen LogP contribution in [0, 0.1) is 0 Å². The van der Waals surface area contributed by atoms with Crippen molar-refractivity contribution in [2.45, 2.75) is 37.6 Å². The number of nitrogens with zero attached hydrogens (tertiary/aromatic N) is 1. The molecule has 1 aliphatic carbocycles. The smallest absolute Gasteiger partial charge is 0.238 e. The van der Waals surface area contributed by atoms with Crippen LogP contribution in [-0.4, -0.2) is 43.5 Å². The second-order valence-electron chi connectivity index (χ2n) is 6.46. The standard InChI is InChI=1S/C17H25Cl2N3O/c1-22(2)17(8-4-3-5-9-17)12-20-11-16(23)21-15-7-6-13(18)10-14(15)19/h6-7,10,20H,3-5,8-9,11-12H2,1-2H3,(H,21,23). The van der Waals surface area contributed by atoms with Gasteiger partial charge >= 0.3 is 0 Å². The molecular weight excluding hydrogens is 333 g/mol. The topological polar surface area (TPSA) is 44.4 Å². The van der Waals surface area contributed by atoms with E-state index in [9.17, 15) is 4.79 Å². The van der Waals surface area contributed by atoms with E-state index in [0.717, 1.165) is 6.54 Å². The fraction of sp³-hybridized carbons (Fsp3) is 0.588. The molecule has 1 fully saturated rings. The van der Waals surface area contributed by atoms with E-state index in [-0.39, 0.29) is 18.0 Å². The van der Waals surface area contributed by atoms with Gasteiger partial charge in [0.2, 0.25) is 5.91 Å². The maximum absolute atomic E-state index is 12.1. The molecule has 0 aliphatic heterocycles. The van der Waals surface area contributed by atoms with Crippen molar-refractivity contribution in [3.05, 3.63) is 28.2 Å². The Morgan fingerprint density at radius 3 is 2.52 bits per heavy atom. The van der Waals surface area contributed by atoms with Crippen molar-refractivity contribution >= 4 is 34.8 Å². The highest BCUT2D eigenvalue weighted by Crippen LogP contribution is 2.31. The molecule has 1 aromatic rings. The number of halogens is 2. The van der Waals surface area contributed by atoms with E-state index in [4.69, 9.17) is 23.2 Å². The number of carbonyl (C=O) groups is 1. The maximum atomic E-state index is 12.1. The van der Waals surface area contributed by atoms with Gasteiger partial charge in [0.25, 0.3) is 0 Å². The van der Waals surface area contributed by atoms with Gasteiger partial charge in [-0.2, -0.15) is 0 Å². The van der Waals surface area contributed by atoms with Crippen LogP contribution in [0.2, 0.25) is 10.0 Å². The Balaban J connectivity index is 1.84. The number of amides is 1. The molecule has 4 nitrogen and oxygen atoms in total. The van der Waals surface area contributed by atoms with E-state index in [1.165, 1.54) is 32.1 Å². The Bertz CT molecular complexity index is 543. The van der Waals surface area contributed by atoms with Gasteiger partial charge < -0.3 is 15.5 Å². The van der Waals surface area contributed by atoms with Gasteiger partial charge in [0, 0.05) is 17.1 Å². The van der Waals surface area contributed by atoms with Crippen LogP contribution >= 0.6 is 23.2 Å². The van der Waals surface area contributed by atoms with Crippen LogP contribution in [0.4, 0.5) is 5.69 Å². The molecule has 1 aromatic carbocycles. The highest BCUT2D eigenvalue weighted by Gasteiger charge is 2.33. The van der Waals surface area contributed by atoms with Crippen molar-refractivity contribution in [3.8, 4) is 0 Å². The maximum Gasteiger partial charge on any atom is 0.238 e. The Morgan fingerprint density at radius 2 is 1.91 bits per heavy atom. The van der Waals surface area contributed by atoms with E-state index in [1.807, 2.05) is 0 Å². The van der Waals surface area contributed by atoms with Crippen LogP contribution < -0.4 is 10.6 Å². The quantitative estimate of drug-likeness (QED) is 0.813. The summed E-state index contributed by atoms with van der Waals surface area (Å²) in [6, 6.07) is 5.04. The minimum Gasteiger partial charge on any atom is -0.324 e. The molecular formula is C17H25Cl2N3O. The average Bonchev–Trinajstić information content (AvgIpc) is 2.51. The van der Waals surface area contributed by atoms with E-state index in [2.05, 4.69) is 29.6 Å². The van der Waals surface area contributed by atoms with E-state index < -0.39 is 0 Å². The van der Waals surface area contributed by atoms with Gasteiger partial charge in [-0.05, 0) is 45.1 Å². The summed E-state index contributed by atoms with van der Waals surface area (Å²) in [4.78, 5) is 14.4. The van der Waals surface area contributed by atoms with Crippen LogP contribution in [-0.2, 0) is 4.79 Å². The number of carbonyl (C=O) groups excluding carboxylic acids is 1. The third-order valence-electron chi connectivity index (χ3n) is 4.68. The third-order valence-corrected chi connectivity index (χ3v) is 5.23. The van der Waals surface area contributed by atoms with E-state index >= 15 is 0 Å². The van der Waals surface area contributed by atoms with Crippen LogP contribution in [0.25, 0.3) is 0 Å². The third kappa shape index (κ3) is 5.08.